The molecule has 0 saturated carbocycles. The van der Waals surface area contributed by atoms with E-state index < -0.39 is 12.0 Å². The van der Waals surface area contributed by atoms with Gasteiger partial charge in [-0.2, -0.15) is 0 Å². The molecule has 18 heavy (non-hydrogen) atoms. The van der Waals surface area contributed by atoms with Gasteiger partial charge in [0.2, 0.25) is 5.91 Å². The molecule has 0 bridgehead atoms. The Balaban J connectivity index is 1.83. The Morgan fingerprint density at radius 2 is 2.17 bits per heavy atom. The first-order chi connectivity index (χ1) is 8.68. The van der Waals surface area contributed by atoms with E-state index in [0.29, 0.717) is 26.0 Å². The largest absolute Gasteiger partial charge is 0.480 e. The zero-order valence-electron chi connectivity index (χ0n) is 10.3. The number of amides is 1. The number of hydrogen-bond acceptors (Lipinski definition) is 4. The summed E-state index contributed by atoms with van der Waals surface area (Å²) < 4.78 is 10.6. The minimum Gasteiger partial charge on any atom is -0.480 e. The van der Waals surface area contributed by atoms with Gasteiger partial charge in [-0.05, 0) is 19.3 Å². The lowest BCUT2D eigenvalue weighted by molar-refractivity contribution is -0.158. The maximum atomic E-state index is 12.0. The maximum absolute atomic E-state index is 12.0. The van der Waals surface area contributed by atoms with Crippen LogP contribution < -0.4 is 0 Å². The van der Waals surface area contributed by atoms with E-state index in [1.807, 2.05) is 0 Å². The van der Waals surface area contributed by atoms with Gasteiger partial charge in [-0.1, -0.05) is 0 Å². The van der Waals surface area contributed by atoms with Crippen LogP contribution in [0.15, 0.2) is 0 Å². The van der Waals surface area contributed by atoms with Crippen molar-refractivity contribution in [1.82, 2.24) is 4.90 Å². The predicted molar refractivity (Wildman–Crippen MR) is 62.2 cm³/mol. The summed E-state index contributed by atoms with van der Waals surface area (Å²) in [5.41, 5.74) is 0. The van der Waals surface area contributed by atoms with Crippen molar-refractivity contribution in [3.05, 3.63) is 0 Å². The van der Waals surface area contributed by atoms with Crippen molar-refractivity contribution in [3.63, 3.8) is 0 Å². The first kappa shape index (κ1) is 13.3. The molecule has 2 rings (SSSR count). The van der Waals surface area contributed by atoms with Crippen LogP contribution in [0, 0.1) is 0 Å². The van der Waals surface area contributed by atoms with Crippen LogP contribution in [0.4, 0.5) is 0 Å². The van der Waals surface area contributed by atoms with Gasteiger partial charge in [0.1, 0.15) is 0 Å². The standard InChI is InChI=1S/C12H19NO5/c14-11(4-3-9-2-1-6-18-9)13-5-7-17-8-10(13)12(15)16/h9-10H,1-8H2,(H,15,16)/t9-,10+/m1/s1. The van der Waals surface area contributed by atoms with Crippen LogP contribution in [0.2, 0.25) is 0 Å². The lowest BCUT2D eigenvalue weighted by Crippen LogP contribution is -2.52. The first-order valence-electron chi connectivity index (χ1n) is 6.40. The molecular weight excluding hydrogens is 238 g/mol. The van der Waals surface area contributed by atoms with Gasteiger partial charge >= 0.3 is 5.97 Å². The summed E-state index contributed by atoms with van der Waals surface area (Å²) in [4.78, 5) is 24.5. The Labute approximate surface area is 106 Å². The van der Waals surface area contributed by atoms with E-state index in [9.17, 15) is 9.59 Å². The van der Waals surface area contributed by atoms with Gasteiger partial charge in [0.05, 0.1) is 19.3 Å². The number of morpholine rings is 1. The third-order valence-electron chi connectivity index (χ3n) is 3.44. The van der Waals surface area contributed by atoms with Gasteiger partial charge in [-0.15, -0.1) is 0 Å². The van der Waals surface area contributed by atoms with Gasteiger partial charge in [0, 0.05) is 19.6 Å². The van der Waals surface area contributed by atoms with Crippen molar-refractivity contribution in [2.24, 2.45) is 0 Å². The fourth-order valence-corrected chi connectivity index (χ4v) is 2.41. The third-order valence-corrected chi connectivity index (χ3v) is 3.44. The summed E-state index contributed by atoms with van der Waals surface area (Å²) in [5, 5.41) is 9.04. The first-order valence-corrected chi connectivity index (χ1v) is 6.40. The minimum absolute atomic E-state index is 0.0843. The van der Waals surface area contributed by atoms with Crippen molar-refractivity contribution < 1.29 is 24.2 Å². The Morgan fingerprint density at radius 1 is 1.33 bits per heavy atom. The number of carboxylic acids is 1. The second-order valence-corrected chi connectivity index (χ2v) is 4.69. The van der Waals surface area contributed by atoms with Gasteiger partial charge in [-0.3, -0.25) is 4.79 Å². The minimum atomic E-state index is -1.000. The predicted octanol–water partition coefficient (Wildman–Crippen LogP) is 0.258. The molecule has 2 aliphatic heterocycles. The average Bonchev–Trinajstić information content (AvgIpc) is 2.89. The normalized spacial score (nSPS) is 28.3. The lowest BCUT2D eigenvalue weighted by atomic mass is 10.1. The van der Waals surface area contributed by atoms with Crippen LogP contribution in [-0.2, 0) is 19.1 Å². The summed E-state index contributed by atoms with van der Waals surface area (Å²) in [6.45, 7) is 1.63. The second kappa shape index (κ2) is 6.15. The number of hydrogen-bond donors (Lipinski definition) is 1. The van der Waals surface area contributed by atoms with Gasteiger partial charge < -0.3 is 19.5 Å². The molecule has 2 aliphatic rings. The molecule has 6 heteroatoms. The van der Waals surface area contributed by atoms with Crippen molar-refractivity contribution in [1.29, 1.82) is 0 Å². The SMILES string of the molecule is O=C(O)[C@@H]1COCCN1C(=O)CC[C@H]1CCCO1. The number of ether oxygens (including phenoxy) is 2. The quantitative estimate of drug-likeness (QED) is 0.781. The molecule has 0 aromatic heterocycles. The van der Waals surface area contributed by atoms with E-state index in [2.05, 4.69) is 0 Å². The smallest absolute Gasteiger partial charge is 0.328 e. The molecular formula is C12H19NO5. The van der Waals surface area contributed by atoms with Crippen LogP contribution in [0.1, 0.15) is 25.7 Å². The van der Waals surface area contributed by atoms with Gasteiger partial charge in [0.25, 0.3) is 0 Å². The van der Waals surface area contributed by atoms with Crippen molar-refractivity contribution in [3.8, 4) is 0 Å². The van der Waals surface area contributed by atoms with Crippen LogP contribution in [0.25, 0.3) is 0 Å². The average molecular weight is 257 g/mol. The Hall–Kier alpha value is -1.14. The number of carbonyl (C=O) groups is 2. The van der Waals surface area contributed by atoms with E-state index in [-0.39, 0.29) is 18.6 Å². The molecule has 2 fully saturated rings. The van der Waals surface area contributed by atoms with Crippen molar-refractivity contribution in [2.75, 3.05) is 26.4 Å². The molecule has 0 spiro atoms. The summed E-state index contributed by atoms with van der Waals surface area (Å²) in [5.74, 6) is -1.11. The molecule has 0 aromatic carbocycles. The fourth-order valence-electron chi connectivity index (χ4n) is 2.41. The molecule has 0 unspecified atom stereocenters. The summed E-state index contributed by atoms with van der Waals surface area (Å²) in [6.07, 6.45) is 3.25. The topological polar surface area (TPSA) is 76.1 Å². The molecule has 1 amide bonds. The van der Waals surface area contributed by atoms with Crippen molar-refractivity contribution in [2.45, 2.75) is 37.8 Å². The summed E-state index contributed by atoms with van der Waals surface area (Å²) in [6, 6.07) is -0.837. The molecule has 2 saturated heterocycles. The van der Waals surface area contributed by atoms with Crippen LogP contribution >= 0.6 is 0 Å². The number of carboxylic acid groups (broad SMARTS) is 1. The Bertz CT molecular complexity index is 314. The summed E-state index contributed by atoms with van der Waals surface area (Å²) in [7, 11) is 0. The third kappa shape index (κ3) is 3.20. The summed E-state index contributed by atoms with van der Waals surface area (Å²) >= 11 is 0. The van der Waals surface area contributed by atoms with Crippen LogP contribution in [0.5, 0.6) is 0 Å². The van der Waals surface area contributed by atoms with Gasteiger partial charge in [-0.25, -0.2) is 4.79 Å². The van der Waals surface area contributed by atoms with E-state index in [4.69, 9.17) is 14.6 Å². The fraction of sp³-hybridized carbons (Fsp3) is 0.833. The molecule has 0 radical (unpaired) electrons. The maximum Gasteiger partial charge on any atom is 0.328 e. The molecule has 6 nitrogen and oxygen atoms in total. The van der Waals surface area contributed by atoms with Gasteiger partial charge in [0.15, 0.2) is 6.04 Å². The second-order valence-electron chi connectivity index (χ2n) is 4.69. The highest BCUT2D eigenvalue weighted by Gasteiger charge is 2.32. The molecule has 0 aliphatic carbocycles. The molecule has 1 N–H and O–H groups in total. The zero-order valence-corrected chi connectivity index (χ0v) is 10.3. The molecule has 2 heterocycles. The number of carbonyl (C=O) groups excluding carboxylic acids is 1. The molecule has 102 valence electrons. The highest BCUT2D eigenvalue weighted by atomic mass is 16.5. The van der Waals surface area contributed by atoms with E-state index in [1.165, 1.54) is 4.90 Å². The monoisotopic (exact) mass is 257 g/mol. The van der Waals surface area contributed by atoms with E-state index in [1.54, 1.807) is 0 Å². The highest BCUT2D eigenvalue weighted by Crippen LogP contribution is 2.18. The van der Waals surface area contributed by atoms with Crippen LogP contribution in [0.3, 0.4) is 0 Å². The van der Waals surface area contributed by atoms with E-state index >= 15 is 0 Å². The number of nitrogens with zero attached hydrogens (tertiary/aromatic N) is 1. The number of aliphatic carboxylic acids is 1. The Morgan fingerprint density at radius 3 is 2.83 bits per heavy atom. The van der Waals surface area contributed by atoms with E-state index in [0.717, 1.165) is 19.4 Å². The Kier molecular flexibility index (Phi) is 4.54. The molecule has 2 atom stereocenters. The lowest BCUT2D eigenvalue weighted by Gasteiger charge is -2.33. The number of rotatable bonds is 4. The molecule has 0 aromatic rings. The highest BCUT2D eigenvalue weighted by molar-refractivity contribution is 5.84. The zero-order chi connectivity index (χ0) is 13.0. The van der Waals surface area contributed by atoms with Crippen LogP contribution in [-0.4, -0.2) is 60.4 Å². The van der Waals surface area contributed by atoms with Crippen molar-refractivity contribution >= 4 is 11.9 Å².